The molecule has 3 aromatic rings. The molecule has 0 bridgehead atoms. The molecule has 0 spiro atoms. The molecule has 0 unspecified atom stereocenters. The highest BCUT2D eigenvalue weighted by molar-refractivity contribution is 7.71. The number of nitrogens with two attached hydrogens (primary N) is 1. The van der Waals surface area contributed by atoms with Crippen molar-refractivity contribution in [3.8, 4) is 11.6 Å². The van der Waals surface area contributed by atoms with E-state index in [0.29, 0.717) is 11.6 Å². The second kappa shape index (κ2) is 3.67. The van der Waals surface area contributed by atoms with Gasteiger partial charge < -0.3 is 15.1 Å². The zero-order valence-electron chi connectivity index (χ0n) is 8.68. The quantitative estimate of drug-likeness (QED) is 0.643. The normalized spacial score (nSPS) is 10.8. The summed E-state index contributed by atoms with van der Waals surface area (Å²) in [5.41, 5.74) is 6.37. The summed E-state index contributed by atoms with van der Waals surface area (Å²) in [5.74, 6) is 1.30. The highest BCUT2D eigenvalue weighted by Crippen LogP contribution is 2.25. The first kappa shape index (κ1) is 9.98. The Morgan fingerprint density at radius 1 is 1.24 bits per heavy atom. The van der Waals surface area contributed by atoms with Gasteiger partial charge in [0.05, 0.1) is 0 Å². The predicted octanol–water partition coefficient (Wildman–Crippen LogP) is 2.53. The Labute approximate surface area is 101 Å². The van der Waals surface area contributed by atoms with Gasteiger partial charge in [0.15, 0.2) is 11.6 Å². The third kappa shape index (κ3) is 1.78. The molecule has 0 atom stereocenters. The summed E-state index contributed by atoms with van der Waals surface area (Å²) in [6.07, 6.45) is 0. The molecule has 0 saturated carbocycles. The van der Waals surface area contributed by atoms with Crippen molar-refractivity contribution in [2.24, 2.45) is 0 Å². The number of nitrogen functional groups attached to an aromatic ring is 1. The highest BCUT2D eigenvalue weighted by atomic mass is 32.1. The zero-order valence-corrected chi connectivity index (χ0v) is 9.49. The molecule has 5 nitrogen and oxygen atoms in total. The molecule has 0 radical (unpaired) electrons. The summed E-state index contributed by atoms with van der Waals surface area (Å²) in [7, 11) is 0. The Bertz CT molecular complexity index is 713. The third-order valence-corrected chi connectivity index (χ3v) is 2.51. The van der Waals surface area contributed by atoms with E-state index in [1.165, 1.54) is 0 Å². The van der Waals surface area contributed by atoms with Crippen LogP contribution < -0.4 is 5.73 Å². The summed E-state index contributed by atoms with van der Waals surface area (Å²) in [5, 5.41) is 0.999. The van der Waals surface area contributed by atoms with Gasteiger partial charge in [0.25, 0.3) is 0 Å². The summed E-state index contributed by atoms with van der Waals surface area (Å²) >= 11 is 4.90. The van der Waals surface area contributed by atoms with E-state index in [1.807, 2.05) is 30.3 Å². The molecule has 0 aliphatic heterocycles. The lowest BCUT2D eigenvalue weighted by molar-refractivity contribution is 0.624. The van der Waals surface area contributed by atoms with Gasteiger partial charge in [-0.3, -0.25) is 0 Å². The molecule has 0 saturated heterocycles. The number of fused-ring (bicyclic) bond motifs is 1. The van der Waals surface area contributed by atoms with Crippen molar-refractivity contribution in [2.45, 2.75) is 0 Å². The maximum atomic E-state index is 5.64. The fraction of sp³-hybridized carbons (Fsp3) is 0. The van der Waals surface area contributed by atoms with Crippen LogP contribution in [0.2, 0.25) is 0 Å². The molecule has 0 aliphatic carbocycles. The molecule has 2 heterocycles. The van der Waals surface area contributed by atoms with Gasteiger partial charge in [0.1, 0.15) is 5.58 Å². The van der Waals surface area contributed by atoms with E-state index in [2.05, 4.69) is 15.0 Å². The molecule has 2 aromatic heterocycles. The number of nitrogens with one attached hydrogen (secondary N) is 1. The first-order chi connectivity index (χ1) is 8.22. The average molecular weight is 244 g/mol. The molecule has 3 rings (SSSR count). The molecule has 1 aromatic carbocycles. The van der Waals surface area contributed by atoms with Crippen LogP contribution in [0.5, 0.6) is 0 Å². The maximum absolute atomic E-state index is 5.64. The highest BCUT2D eigenvalue weighted by Gasteiger charge is 2.08. The molecule has 0 amide bonds. The molecular weight excluding hydrogens is 236 g/mol. The van der Waals surface area contributed by atoms with Crippen LogP contribution in [0.1, 0.15) is 0 Å². The average Bonchev–Trinajstić information content (AvgIpc) is 2.71. The number of anilines is 1. The fourth-order valence-corrected chi connectivity index (χ4v) is 1.81. The number of furan rings is 1. The van der Waals surface area contributed by atoms with Gasteiger partial charge >= 0.3 is 0 Å². The van der Waals surface area contributed by atoms with E-state index in [0.717, 1.165) is 11.0 Å². The van der Waals surface area contributed by atoms with Crippen molar-refractivity contribution in [1.82, 2.24) is 15.0 Å². The Morgan fingerprint density at radius 2 is 2.06 bits per heavy atom. The number of benzene rings is 1. The topological polar surface area (TPSA) is 80.7 Å². The summed E-state index contributed by atoms with van der Waals surface area (Å²) in [6, 6.07) is 9.58. The van der Waals surface area contributed by atoms with Crippen LogP contribution in [-0.4, -0.2) is 15.0 Å². The molecule has 17 heavy (non-hydrogen) atoms. The summed E-state index contributed by atoms with van der Waals surface area (Å²) in [6.45, 7) is 0. The number of hydrogen-bond donors (Lipinski definition) is 2. The van der Waals surface area contributed by atoms with Gasteiger partial charge in [-0.05, 0) is 24.4 Å². The molecule has 3 N–H and O–H groups in total. The van der Waals surface area contributed by atoms with E-state index in [1.54, 1.807) is 0 Å². The standard InChI is InChI=1S/C11H8N4OS/c12-10-13-9(14-11(17)15-10)8-5-6-3-1-2-4-7(6)16-8/h1-5H,(H3,12,13,14,15,17). The van der Waals surface area contributed by atoms with Crippen molar-refractivity contribution in [1.29, 1.82) is 0 Å². The van der Waals surface area contributed by atoms with Crippen LogP contribution in [0.3, 0.4) is 0 Å². The lowest BCUT2D eigenvalue weighted by atomic mass is 10.2. The number of aromatic amines is 1. The van der Waals surface area contributed by atoms with E-state index in [-0.39, 0.29) is 10.7 Å². The first-order valence-electron chi connectivity index (χ1n) is 4.95. The number of nitrogens with zero attached hydrogens (tertiary/aromatic N) is 2. The molecule has 6 heteroatoms. The molecule has 0 fully saturated rings. The number of aromatic nitrogens is 3. The number of H-pyrrole nitrogens is 1. The largest absolute Gasteiger partial charge is 0.453 e. The zero-order chi connectivity index (χ0) is 11.8. The van der Waals surface area contributed by atoms with Crippen LogP contribution in [0, 0.1) is 4.77 Å². The summed E-state index contributed by atoms with van der Waals surface area (Å²) < 4.78 is 5.83. The van der Waals surface area contributed by atoms with Gasteiger partial charge in [-0.25, -0.2) is 0 Å². The molecule has 0 aliphatic rings. The Kier molecular flexibility index (Phi) is 2.15. The fourth-order valence-electron chi connectivity index (χ4n) is 1.62. The van der Waals surface area contributed by atoms with Gasteiger partial charge in [0.2, 0.25) is 10.7 Å². The number of para-hydroxylation sites is 1. The minimum Gasteiger partial charge on any atom is -0.453 e. The molecular formula is C11H8N4OS. The van der Waals surface area contributed by atoms with Crippen LogP contribution in [0.15, 0.2) is 34.7 Å². The summed E-state index contributed by atoms with van der Waals surface area (Å²) in [4.78, 5) is 10.7. The van der Waals surface area contributed by atoms with E-state index in [4.69, 9.17) is 22.4 Å². The minimum atomic E-state index is 0.191. The number of hydrogen-bond acceptors (Lipinski definition) is 5. The maximum Gasteiger partial charge on any atom is 0.224 e. The predicted molar refractivity (Wildman–Crippen MR) is 66.8 cm³/mol. The third-order valence-electron chi connectivity index (χ3n) is 2.33. The van der Waals surface area contributed by atoms with E-state index in [9.17, 15) is 0 Å². The van der Waals surface area contributed by atoms with Crippen LogP contribution in [0.25, 0.3) is 22.6 Å². The Hall–Kier alpha value is -2.21. The van der Waals surface area contributed by atoms with Crippen molar-refractivity contribution in [3.63, 3.8) is 0 Å². The van der Waals surface area contributed by atoms with Crippen LogP contribution in [-0.2, 0) is 0 Å². The second-order valence-electron chi connectivity index (χ2n) is 3.51. The lowest BCUT2D eigenvalue weighted by Crippen LogP contribution is -1.99. The van der Waals surface area contributed by atoms with Crippen molar-refractivity contribution in [2.75, 3.05) is 5.73 Å². The Balaban J connectivity index is 2.23. The van der Waals surface area contributed by atoms with Crippen molar-refractivity contribution >= 4 is 29.1 Å². The van der Waals surface area contributed by atoms with Gasteiger partial charge in [0, 0.05) is 5.39 Å². The van der Waals surface area contributed by atoms with Crippen molar-refractivity contribution in [3.05, 3.63) is 35.1 Å². The van der Waals surface area contributed by atoms with Crippen molar-refractivity contribution < 1.29 is 4.42 Å². The second-order valence-corrected chi connectivity index (χ2v) is 3.88. The lowest BCUT2D eigenvalue weighted by Gasteiger charge is -1.97. The minimum absolute atomic E-state index is 0.191. The van der Waals surface area contributed by atoms with Gasteiger partial charge in [-0.15, -0.1) is 0 Å². The van der Waals surface area contributed by atoms with E-state index >= 15 is 0 Å². The van der Waals surface area contributed by atoms with Gasteiger partial charge in [-0.2, -0.15) is 9.97 Å². The molecule has 84 valence electrons. The van der Waals surface area contributed by atoms with Gasteiger partial charge in [-0.1, -0.05) is 18.2 Å². The monoisotopic (exact) mass is 244 g/mol. The van der Waals surface area contributed by atoms with Crippen LogP contribution >= 0.6 is 12.2 Å². The Morgan fingerprint density at radius 3 is 2.82 bits per heavy atom. The number of rotatable bonds is 1. The first-order valence-corrected chi connectivity index (χ1v) is 5.36. The SMILES string of the molecule is Nc1nc(=S)nc(-c2cc3ccccc3o2)[nH]1. The van der Waals surface area contributed by atoms with E-state index < -0.39 is 0 Å². The smallest absolute Gasteiger partial charge is 0.224 e. The van der Waals surface area contributed by atoms with Crippen LogP contribution in [0.4, 0.5) is 5.95 Å².